The number of amides is 1. The van der Waals surface area contributed by atoms with E-state index in [0.717, 1.165) is 12.3 Å². The number of rotatable bonds is 7. The largest absolute Gasteiger partial charge is 0.482 e. The van der Waals surface area contributed by atoms with Crippen molar-refractivity contribution in [2.24, 2.45) is 0 Å². The second-order valence-corrected chi connectivity index (χ2v) is 8.20. The Labute approximate surface area is 184 Å². The van der Waals surface area contributed by atoms with E-state index in [1.807, 2.05) is 0 Å². The van der Waals surface area contributed by atoms with Crippen molar-refractivity contribution in [2.45, 2.75) is 44.6 Å². The Bertz CT molecular complexity index is 1210. The van der Waals surface area contributed by atoms with Crippen molar-refractivity contribution >= 4 is 11.6 Å². The lowest BCUT2D eigenvalue weighted by Crippen LogP contribution is -2.60. The Balaban J connectivity index is 1.56. The first-order chi connectivity index (χ1) is 15.4. The second-order valence-electron chi connectivity index (χ2n) is 8.20. The molecule has 3 heterocycles. The van der Waals surface area contributed by atoms with Gasteiger partial charge in [-0.15, -0.1) is 0 Å². The minimum absolute atomic E-state index is 0.0175. The minimum atomic E-state index is -2.80. The summed E-state index contributed by atoms with van der Waals surface area (Å²) >= 11 is 0. The molecule has 176 valence electrons. The number of aryl methyl sites for hydroxylation is 1. The molecule has 0 saturated heterocycles. The fourth-order valence-corrected chi connectivity index (χ4v) is 3.69. The summed E-state index contributed by atoms with van der Waals surface area (Å²) in [6.45, 7) is 2.24. The number of pyridine rings is 2. The molecule has 0 unspecified atom stereocenters. The van der Waals surface area contributed by atoms with E-state index in [9.17, 15) is 26.7 Å². The molecule has 3 aromatic heterocycles. The lowest BCUT2D eigenvalue weighted by molar-refractivity contribution is -0.124. The van der Waals surface area contributed by atoms with Crippen molar-refractivity contribution in [1.29, 1.82) is 0 Å². The van der Waals surface area contributed by atoms with E-state index in [0.29, 0.717) is 11.2 Å². The molecule has 1 aliphatic rings. The van der Waals surface area contributed by atoms with Crippen LogP contribution in [0.3, 0.4) is 0 Å². The van der Waals surface area contributed by atoms with E-state index in [-0.39, 0.29) is 23.1 Å². The number of imidazole rings is 1. The van der Waals surface area contributed by atoms with E-state index >= 15 is 0 Å². The Hall–Kier alpha value is -3.44. The van der Waals surface area contributed by atoms with Gasteiger partial charge >= 0.3 is 0 Å². The third-order valence-electron chi connectivity index (χ3n) is 5.05. The van der Waals surface area contributed by atoms with E-state index in [2.05, 4.69) is 15.3 Å². The number of alkyl halides is 4. The summed E-state index contributed by atoms with van der Waals surface area (Å²) in [5.41, 5.74) is -0.0560. The van der Waals surface area contributed by atoms with Crippen LogP contribution in [-0.2, 0) is 0 Å². The lowest BCUT2D eigenvalue weighted by atomic mass is 9.75. The molecule has 0 radical (unpaired) electrons. The fourth-order valence-electron chi connectivity index (χ4n) is 3.69. The van der Waals surface area contributed by atoms with Crippen LogP contribution in [0.15, 0.2) is 30.7 Å². The van der Waals surface area contributed by atoms with Crippen LogP contribution in [0.4, 0.5) is 22.0 Å². The van der Waals surface area contributed by atoms with Crippen molar-refractivity contribution in [2.75, 3.05) is 6.61 Å². The molecule has 7 nitrogen and oxygen atoms in total. The molecule has 1 aliphatic carbocycles. The number of carbonyl (C=O) groups excluding carboxylic acids is 1. The van der Waals surface area contributed by atoms with E-state index in [4.69, 9.17) is 9.47 Å². The average molecular weight is 470 g/mol. The Kier molecular flexibility index (Phi) is 5.62. The SMILES string of the molecule is Cc1cc2nc(C(=O)NC3(C)CC(F)(F)C3)cn2cc1Oc1ncc(F)cc1OCC(F)F. The summed E-state index contributed by atoms with van der Waals surface area (Å²) < 4.78 is 76.9. The van der Waals surface area contributed by atoms with Gasteiger partial charge in [0.25, 0.3) is 24.1 Å². The highest BCUT2D eigenvalue weighted by molar-refractivity contribution is 5.93. The number of aromatic nitrogens is 3. The molecule has 0 aromatic carbocycles. The quantitative estimate of drug-likeness (QED) is 0.514. The zero-order chi connectivity index (χ0) is 24.0. The van der Waals surface area contributed by atoms with Crippen LogP contribution >= 0.6 is 0 Å². The van der Waals surface area contributed by atoms with Crippen LogP contribution in [0.2, 0.25) is 0 Å². The van der Waals surface area contributed by atoms with Gasteiger partial charge in [0.05, 0.1) is 12.4 Å². The predicted octanol–water partition coefficient (Wildman–Crippen LogP) is 4.53. The Morgan fingerprint density at radius 3 is 2.64 bits per heavy atom. The van der Waals surface area contributed by atoms with Gasteiger partial charge in [-0.25, -0.2) is 31.9 Å². The molecule has 1 saturated carbocycles. The average Bonchev–Trinajstić information content (AvgIpc) is 3.09. The van der Waals surface area contributed by atoms with Crippen LogP contribution < -0.4 is 14.8 Å². The first-order valence-electron chi connectivity index (χ1n) is 9.87. The van der Waals surface area contributed by atoms with Gasteiger partial charge in [-0.05, 0) is 25.5 Å². The first kappa shape index (κ1) is 22.7. The zero-order valence-electron chi connectivity index (χ0n) is 17.5. The van der Waals surface area contributed by atoms with Gasteiger partial charge in [-0.2, -0.15) is 0 Å². The van der Waals surface area contributed by atoms with Gasteiger partial charge in [-0.3, -0.25) is 4.79 Å². The molecular weight excluding hydrogens is 451 g/mol. The van der Waals surface area contributed by atoms with Crippen molar-refractivity contribution in [3.8, 4) is 17.4 Å². The van der Waals surface area contributed by atoms with Crippen LogP contribution in [-0.4, -0.2) is 44.8 Å². The molecule has 33 heavy (non-hydrogen) atoms. The number of halogens is 5. The predicted molar refractivity (Wildman–Crippen MR) is 106 cm³/mol. The zero-order valence-corrected chi connectivity index (χ0v) is 17.5. The smallest absolute Gasteiger partial charge is 0.272 e. The molecule has 1 N–H and O–H groups in total. The Morgan fingerprint density at radius 2 is 1.97 bits per heavy atom. The van der Waals surface area contributed by atoms with Crippen molar-refractivity contribution in [3.05, 3.63) is 47.8 Å². The maximum atomic E-state index is 13.5. The van der Waals surface area contributed by atoms with Gasteiger partial charge in [0.15, 0.2) is 5.75 Å². The molecule has 12 heteroatoms. The number of ether oxygens (including phenoxy) is 2. The van der Waals surface area contributed by atoms with Crippen molar-refractivity contribution in [3.63, 3.8) is 0 Å². The molecule has 0 spiro atoms. The first-order valence-corrected chi connectivity index (χ1v) is 9.87. The van der Waals surface area contributed by atoms with Gasteiger partial charge < -0.3 is 19.2 Å². The number of fused-ring (bicyclic) bond motifs is 1. The highest BCUT2D eigenvalue weighted by Gasteiger charge is 2.54. The van der Waals surface area contributed by atoms with Crippen LogP contribution in [0.5, 0.6) is 17.4 Å². The molecular formula is C21H19F5N4O3. The monoisotopic (exact) mass is 470 g/mol. The summed E-state index contributed by atoms with van der Waals surface area (Å²) in [6.07, 6.45) is 0.0400. The fraction of sp³-hybridized carbons (Fsp3) is 0.381. The number of carbonyl (C=O) groups is 1. The molecule has 1 fully saturated rings. The number of hydrogen-bond acceptors (Lipinski definition) is 5. The highest BCUT2D eigenvalue weighted by atomic mass is 19.3. The summed E-state index contributed by atoms with van der Waals surface area (Å²) in [7, 11) is 0. The topological polar surface area (TPSA) is 77.8 Å². The maximum absolute atomic E-state index is 13.5. The molecule has 0 aliphatic heterocycles. The van der Waals surface area contributed by atoms with Gasteiger partial charge in [-0.1, -0.05) is 0 Å². The molecule has 4 rings (SSSR count). The van der Waals surface area contributed by atoms with Gasteiger partial charge in [0, 0.05) is 30.6 Å². The number of nitrogens with one attached hydrogen (secondary N) is 1. The standard InChI is InChI=1S/C21H19F5N4O3/c1-11-3-17-28-13(18(31)29-20(2)9-21(25,26)10-20)6-30(17)7-15(11)33-19-14(32-8-16(23)24)4-12(22)5-27-19/h3-7,16H,8-10H2,1-2H3,(H,29,31). The van der Waals surface area contributed by atoms with Crippen molar-refractivity contribution < 1.29 is 36.2 Å². The van der Waals surface area contributed by atoms with Crippen LogP contribution in [0, 0.1) is 12.7 Å². The third kappa shape index (κ3) is 4.99. The van der Waals surface area contributed by atoms with Crippen LogP contribution in [0.1, 0.15) is 35.8 Å². The molecule has 0 atom stereocenters. The number of hydrogen-bond donors (Lipinski definition) is 1. The Morgan fingerprint density at radius 1 is 1.24 bits per heavy atom. The minimum Gasteiger partial charge on any atom is -0.482 e. The lowest BCUT2D eigenvalue weighted by Gasteiger charge is -2.45. The molecule has 1 amide bonds. The molecule has 0 bridgehead atoms. The summed E-state index contributed by atoms with van der Waals surface area (Å²) in [6, 6.07) is 2.47. The van der Waals surface area contributed by atoms with E-state index in [1.54, 1.807) is 13.0 Å². The highest BCUT2D eigenvalue weighted by Crippen LogP contribution is 2.45. The number of nitrogens with zero attached hydrogens (tertiary/aromatic N) is 3. The summed E-state index contributed by atoms with van der Waals surface area (Å²) in [5.74, 6) is -4.49. The second kappa shape index (κ2) is 8.16. The summed E-state index contributed by atoms with van der Waals surface area (Å²) in [4.78, 5) is 20.5. The van der Waals surface area contributed by atoms with Gasteiger partial charge in [0.1, 0.15) is 29.5 Å². The van der Waals surface area contributed by atoms with Gasteiger partial charge in [0.2, 0.25) is 0 Å². The normalized spacial score (nSPS) is 16.5. The van der Waals surface area contributed by atoms with E-state index < -0.39 is 49.1 Å². The van der Waals surface area contributed by atoms with Crippen molar-refractivity contribution in [1.82, 2.24) is 19.7 Å². The maximum Gasteiger partial charge on any atom is 0.272 e. The van der Waals surface area contributed by atoms with E-state index in [1.165, 1.54) is 23.7 Å². The van der Waals surface area contributed by atoms with Crippen LogP contribution in [0.25, 0.3) is 5.65 Å². The molecule has 3 aromatic rings. The summed E-state index contributed by atoms with van der Waals surface area (Å²) in [5, 5.41) is 2.58. The third-order valence-corrected chi connectivity index (χ3v) is 5.05.